The van der Waals surface area contributed by atoms with Crippen LogP contribution in [0, 0.1) is 0 Å². The average molecular weight is 1030 g/mol. The van der Waals surface area contributed by atoms with Gasteiger partial charge in [-0.05, 0) is 12.8 Å². The van der Waals surface area contributed by atoms with E-state index in [0.717, 1.165) is 38.5 Å². The summed E-state index contributed by atoms with van der Waals surface area (Å²) in [6, 6.07) is -0.753. The molecule has 8 nitrogen and oxygen atoms in total. The van der Waals surface area contributed by atoms with E-state index >= 15 is 0 Å². The lowest BCUT2D eigenvalue weighted by molar-refractivity contribution is -0.870. The number of carbonyl (C=O) groups excluding carboxylic acids is 1. The molecule has 3 atom stereocenters. The molecule has 0 aromatic heterocycles. The van der Waals surface area contributed by atoms with Crippen LogP contribution in [0.2, 0.25) is 0 Å². The van der Waals surface area contributed by atoms with Gasteiger partial charge >= 0.3 is 7.82 Å². The quantitative estimate of drug-likeness (QED) is 0.0318. The minimum absolute atomic E-state index is 0.0783. The summed E-state index contributed by atoms with van der Waals surface area (Å²) in [5.41, 5.74) is 0. The number of quaternary nitrogens is 1. The highest BCUT2D eigenvalue weighted by atomic mass is 31.2. The van der Waals surface area contributed by atoms with Crippen molar-refractivity contribution in [3.8, 4) is 0 Å². The van der Waals surface area contributed by atoms with Crippen molar-refractivity contribution in [1.82, 2.24) is 5.32 Å². The molecule has 426 valence electrons. The highest BCUT2D eigenvalue weighted by Crippen LogP contribution is 2.43. The fraction of sp³-hybridized carbons (Fsp3) is 0.984. The second-order valence-corrected chi connectivity index (χ2v) is 25.0. The highest BCUT2D eigenvalue weighted by molar-refractivity contribution is 7.47. The minimum Gasteiger partial charge on any atom is -0.391 e. The summed E-state index contributed by atoms with van der Waals surface area (Å²) in [5, 5.41) is 13.9. The number of phosphoric acid groups is 1. The third kappa shape index (κ3) is 57.1. The number of hydrogen-bond donors (Lipinski definition) is 3. The van der Waals surface area contributed by atoms with Crippen molar-refractivity contribution in [3.05, 3.63) is 0 Å². The Kier molecular flexibility index (Phi) is 53.9. The lowest BCUT2D eigenvalue weighted by Gasteiger charge is -2.26. The number of carbonyl (C=O) groups is 1. The van der Waals surface area contributed by atoms with Crippen LogP contribution in [-0.2, 0) is 18.4 Å². The molecule has 0 bridgehead atoms. The molecule has 0 aliphatic carbocycles. The van der Waals surface area contributed by atoms with E-state index in [1.54, 1.807) is 0 Å². The molecule has 1 amide bonds. The first kappa shape index (κ1) is 70.5. The molecule has 0 spiro atoms. The van der Waals surface area contributed by atoms with Crippen molar-refractivity contribution in [2.75, 3.05) is 40.9 Å². The fourth-order valence-electron chi connectivity index (χ4n) is 10.1. The number of nitrogens with zero attached hydrogens (tertiary/aromatic N) is 1. The molecule has 0 saturated carbocycles. The van der Waals surface area contributed by atoms with Gasteiger partial charge in [-0.2, -0.15) is 0 Å². The summed E-state index contributed by atoms with van der Waals surface area (Å²) in [6.45, 7) is 4.90. The van der Waals surface area contributed by atoms with Crippen LogP contribution in [0.15, 0.2) is 0 Å². The van der Waals surface area contributed by atoms with Crippen molar-refractivity contribution >= 4 is 13.7 Å². The second kappa shape index (κ2) is 54.3. The standard InChI is InChI=1S/C62H127N2O6P/c1-6-8-10-12-14-16-17-18-19-20-21-22-23-24-25-26-27-28-29-30-31-32-33-34-35-36-37-38-39-40-41-42-43-44-45-46-47-48-50-52-54-56-62(66)63-60(59-70-71(67,68)69-58-57-64(3,4)5)61(65)55-53-51-49-15-13-11-9-7-2/h60-61,65H,6-59H2,1-5H3,(H-,63,66,67,68)/p+1. The van der Waals surface area contributed by atoms with E-state index in [9.17, 15) is 19.4 Å². The molecule has 0 heterocycles. The Hall–Kier alpha value is -0.500. The van der Waals surface area contributed by atoms with E-state index in [2.05, 4.69) is 19.2 Å². The van der Waals surface area contributed by atoms with Gasteiger partial charge in [0.15, 0.2) is 0 Å². The molecule has 3 unspecified atom stereocenters. The van der Waals surface area contributed by atoms with Crippen LogP contribution in [-0.4, -0.2) is 73.4 Å². The first-order valence-electron chi connectivity index (χ1n) is 31.9. The number of rotatable bonds is 60. The lowest BCUT2D eigenvalue weighted by Crippen LogP contribution is -2.46. The molecular formula is C62H128N2O6P+. The lowest BCUT2D eigenvalue weighted by atomic mass is 10.0. The molecular weight excluding hydrogens is 900 g/mol. The predicted octanol–water partition coefficient (Wildman–Crippen LogP) is 19.6. The molecule has 0 aromatic rings. The third-order valence-electron chi connectivity index (χ3n) is 15.1. The normalized spacial score (nSPS) is 13.7. The Labute approximate surface area is 444 Å². The molecule has 0 saturated heterocycles. The molecule has 0 aliphatic heterocycles. The Morgan fingerprint density at radius 2 is 0.676 bits per heavy atom. The molecule has 3 N–H and O–H groups in total. The van der Waals surface area contributed by atoms with Gasteiger partial charge in [0.2, 0.25) is 5.91 Å². The maximum Gasteiger partial charge on any atom is 0.472 e. The smallest absolute Gasteiger partial charge is 0.391 e. The summed E-state index contributed by atoms with van der Waals surface area (Å²) in [5.74, 6) is -0.140. The van der Waals surface area contributed by atoms with Gasteiger partial charge < -0.3 is 19.8 Å². The summed E-state index contributed by atoms with van der Waals surface area (Å²) < 4.78 is 23.6. The van der Waals surface area contributed by atoms with Crippen molar-refractivity contribution < 1.29 is 32.9 Å². The van der Waals surface area contributed by atoms with E-state index in [-0.39, 0.29) is 19.1 Å². The number of likely N-dealkylation sites (N-methyl/N-ethyl adjacent to an activating group) is 1. The van der Waals surface area contributed by atoms with Gasteiger partial charge in [0, 0.05) is 6.42 Å². The monoisotopic (exact) mass is 1030 g/mol. The topological polar surface area (TPSA) is 105 Å². The van der Waals surface area contributed by atoms with Gasteiger partial charge in [0.25, 0.3) is 0 Å². The van der Waals surface area contributed by atoms with E-state index in [4.69, 9.17) is 9.05 Å². The first-order valence-corrected chi connectivity index (χ1v) is 33.4. The van der Waals surface area contributed by atoms with Gasteiger partial charge in [-0.1, -0.05) is 322 Å². The SMILES string of the molecule is CCCCCCCCCCCCCCCCCCCCCCCCCCCCCCCCCCCCCCCCCCCC(=O)NC(COP(=O)(O)OCC[N+](C)(C)C)C(O)CCCCCCCCCC. The van der Waals surface area contributed by atoms with Gasteiger partial charge in [-0.25, -0.2) is 4.57 Å². The maximum atomic E-state index is 12.9. The van der Waals surface area contributed by atoms with Crippen LogP contribution < -0.4 is 5.32 Å². The zero-order chi connectivity index (χ0) is 52.0. The number of amides is 1. The van der Waals surface area contributed by atoms with Gasteiger partial charge in [0.05, 0.1) is 39.9 Å². The number of hydrogen-bond acceptors (Lipinski definition) is 5. The van der Waals surface area contributed by atoms with Crippen molar-refractivity contribution in [3.63, 3.8) is 0 Å². The van der Waals surface area contributed by atoms with Crippen molar-refractivity contribution in [2.24, 2.45) is 0 Å². The summed E-state index contributed by atoms with van der Waals surface area (Å²) in [4.78, 5) is 23.2. The molecule has 0 radical (unpaired) electrons. The van der Waals surface area contributed by atoms with Crippen LogP contribution >= 0.6 is 7.82 Å². The van der Waals surface area contributed by atoms with Crippen molar-refractivity contribution in [1.29, 1.82) is 0 Å². The number of unbranched alkanes of at least 4 members (excludes halogenated alkanes) is 47. The summed E-state index contributed by atoms with van der Waals surface area (Å²) >= 11 is 0. The largest absolute Gasteiger partial charge is 0.472 e. The Bertz CT molecular complexity index is 1120. The minimum atomic E-state index is -4.31. The zero-order valence-corrected chi connectivity index (χ0v) is 49.7. The zero-order valence-electron chi connectivity index (χ0n) is 48.8. The molecule has 9 heteroatoms. The maximum absolute atomic E-state index is 12.9. The molecule has 0 rings (SSSR count). The Balaban J connectivity index is 3.66. The summed E-state index contributed by atoms with van der Waals surface area (Å²) in [7, 11) is 1.63. The number of phosphoric ester groups is 1. The Morgan fingerprint density at radius 3 is 0.944 bits per heavy atom. The van der Waals surface area contributed by atoms with E-state index in [0.29, 0.717) is 23.9 Å². The highest BCUT2D eigenvalue weighted by Gasteiger charge is 2.28. The van der Waals surface area contributed by atoms with Crippen LogP contribution in [0.5, 0.6) is 0 Å². The van der Waals surface area contributed by atoms with Gasteiger partial charge in [0.1, 0.15) is 13.2 Å². The Morgan fingerprint density at radius 1 is 0.423 bits per heavy atom. The molecule has 0 aromatic carbocycles. The predicted molar refractivity (Wildman–Crippen MR) is 309 cm³/mol. The average Bonchev–Trinajstić information content (AvgIpc) is 3.33. The number of aliphatic hydroxyl groups excluding tert-OH is 1. The molecule has 71 heavy (non-hydrogen) atoms. The van der Waals surface area contributed by atoms with E-state index in [1.165, 1.54) is 276 Å². The first-order chi connectivity index (χ1) is 34.5. The van der Waals surface area contributed by atoms with E-state index < -0.39 is 20.0 Å². The van der Waals surface area contributed by atoms with Gasteiger partial charge in [-0.3, -0.25) is 13.8 Å². The van der Waals surface area contributed by atoms with Crippen LogP contribution in [0.3, 0.4) is 0 Å². The van der Waals surface area contributed by atoms with Crippen LogP contribution in [0.4, 0.5) is 0 Å². The number of aliphatic hydroxyl groups is 1. The second-order valence-electron chi connectivity index (χ2n) is 23.5. The van der Waals surface area contributed by atoms with E-state index in [1.807, 2.05) is 21.1 Å². The van der Waals surface area contributed by atoms with Crippen LogP contribution in [0.25, 0.3) is 0 Å². The summed E-state index contributed by atoms with van der Waals surface area (Å²) in [6.07, 6.45) is 66.7. The molecule has 0 aliphatic rings. The third-order valence-corrected chi connectivity index (χ3v) is 16.1. The van der Waals surface area contributed by atoms with Crippen LogP contribution in [0.1, 0.15) is 341 Å². The molecule has 0 fully saturated rings. The number of nitrogens with one attached hydrogen (secondary N) is 1. The fourth-order valence-corrected chi connectivity index (χ4v) is 10.8. The van der Waals surface area contributed by atoms with Gasteiger partial charge in [-0.15, -0.1) is 0 Å². The van der Waals surface area contributed by atoms with Crippen molar-refractivity contribution in [2.45, 2.75) is 353 Å².